The molecule has 1 saturated carbocycles. The molecule has 3 amide bonds. The third-order valence-corrected chi connectivity index (χ3v) is 5.72. The number of ether oxygens (including phenoxy) is 1. The number of anilines is 3. The molecule has 0 atom stereocenters. The van der Waals surface area contributed by atoms with Gasteiger partial charge in [-0.05, 0) is 57.4 Å². The van der Waals surface area contributed by atoms with Crippen molar-refractivity contribution in [2.75, 3.05) is 10.6 Å². The van der Waals surface area contributed by atoms with Crippen molar-refractivity contribution in [1.29, 1.82) is 0 Å². The Morgan fingerprint density at radius 1 is 1.22 bits per heavy atom. The van der Waals surface area contributed by atoms with Gasteiger partial charge in [0.15, 0.2) is 5.65 Å². The first-order valence-electron chi connectivity index (χ1n) is 12.2. The van der Waals surface area contributed by atoms with E-state index in [9.17, 15) is 14.4 Å². The lowest BCUT2D eigenvalue weighted by Crippen LogP contribution is -2.32. The molecule has 0 unspecified atom stereocenters. The fourth-order valence-electron chi connectivity index (χ4n) is 3.84. The van der Waals surface area contributed by atoms with Crippen LogP contribution in [0.2, 0.25) is 0 Å². The molecular formula is C26H29N7O4. The van der Waals surface area contributed by atoms with Crippen molar-refractivity contribution >= 4 is 47.0 Å². The van der Waals surface area contributed by atoms with Gasteiger partial charge in [-0.2, -0.15) is 9.61 Å². The zero-order valence-electron chi connectivity index (χ0n) is 20.9. The van der Waals surface area contributed by atoms with Gasteiger partial charge in [-0.15, -0.1) is 0 Å². The van der Waals surface area contributed by atoms with Crippen LogP contribution in [-0.4, -0.2) is 44.1 Å². The molecule has 3 aromatic rings. The number of carbonyl (C=O) groups excluding carboxylic acids is 3. The third-order valence-electron chi connectivity index (χ3n) is 5.72. The number of hydrogen-bond donors (Lipinski definition) is 4. The van der Waals surface area contributed by atoms with E-state index >= 15 is 0 Å². The van der Waals surface area contributed by atoms with Gasteiger partial charge in [0.2, 0.25) is 5.91 Å². The highest BCUT2D eigenvalue weighted by Gasteiger charge is 2.26. The standard InChI is InChI=1S/C26H29N7O4/c1-26(2,3)37-25(36)27-13-15-4-6-18(7-5-15)29-20-12-21(30-19-8-9-19)33-23(31-20)17(14-28-33)10-16-11-22(34)32-24(16)35/h4-7,10,12,14,19,30H,8-9,11,13H2,1-3H3,(H,27,36)(H,29,31)(H,32,34,35)/b16-10+. The van der Waals surface area contributed by atoms with Crippen molar-refractivity contribution in [2.45, 2.75) is 58.2 Å². The normalized spacial score (nSPS) is 16.7. The molecule has 1 aliphatic carbocycles. The molecule has 2 aliphatic rings. The fraction of sp³-hybridized carbons (Fsp3) is 0.346. The number of alkyl carbamates (subject to hydrolysis) is 1. The molecule has 1 aromatic carbocycles. The molecular weight excluding hydrogens is 474 g/mol. The van der Waals surface area contributed by atoms with Crippen molar-refractivity contribution in [2.24, 2.45) is 0 Å². The molecule has 0 radical (unpaired) electrons. The Labute approximate surface area is 213 Å². The van der Waals surface area contributed by atoms with E-state index in [0.29, 0.717) is 35.2 Å². The van der Waals surface area contributed by atoms with E-state index in [1.165, 1.54) is 0 Å². The molecule has 11 heteroatoms. The van der Waals surface area contributed by atoms with E-state index in [4.69, 9.17) is 9.72 Å². The summed E-state index contributed by atoms with van der Waals surface area (Å²) >= 11 is 0. The van der Waals surface area contributed by atoms with Crippen LogP contribution in [0.15, 0.2) is 42.1 Å². The molecule has 3 heterocycles. The molecule has 1 aliphatic heterocycles. The van der Waals surface area contributed by atoms with Gasteiger partial charge in [0.05, 0.1) is 12.6 Å². The summed E-state index contributed by atoms with van der Waals surface area (Å²) in [5.74, 6) is 0.673. The zero-order valence-corrected chi connectivity index (χ0v) is 20.9. The van der Waals surface area contributed by atoms with Gasteiger partial charge in [0, 0.05) is 35.5 Å². The number of amides is 3. The average Bonchev–Trinajstić information content (AvgIpc) is 3.46. The lowest BCUT2D eigenvalue weighted by Gasteiger charge is -2.19. The van der Waals surface area contributed by atoms with Crippen molar-refractivity contribution in [1.82, 2.24) is 25.2 Å². The number of benzene rings is 1. The summed E-state index contributed by atoms with van der Waals surface area (Å²) in [6.45, 7) is 5.81. The zero-order chi connectivity index (χ0) is 26.2. The van der Waals surface area contributed by atoms with Crippen LogP contribution >= 0.6 is 0 Å². The first kappa shape index (κ1) is 24.3. The number of imide groups is 1. The second kappa shape index (κ2) is 9.57. The van der Waals surface area contributed by atoms with E-state index in [0.717, 1.165) is 29.9 Å². The average molecular weight is 504 g/mol. The van der Waals surface area contributed by atoms with Crippen molar-refractivity contribution in [3.8, 4) is 0 Å². The molecule has 2 aromatic heterocycles. The second-order valence-corrected chi connectivity index (χ2v) is 10.2. The summed E-state index contributed by atoms with van der Waals surface area (Å²) in [6.07, 6.45) is 5.05. The molecule has 0 spiro atoms. The minimum atomic E-state index is -0.550. The molecule has 11 nitrogen and oxygen atoms in total. The summed E-state index contributed by atoms with van der Waals surface area (Å²) < 4.78 is 6.97. The largest absolute Gasteiger partial charge is 0.444 e. The highest BCUT2D eigenvalue weighted by molar-refractivity contribution is 6.15. The highest BCUT2D eigenvalue weighted by Crippen LogP contribution is 2.29. The third kappa shape index (κ3) is 6.05. The van der Waals surface area contributed by atoms with E-state index in [1.807, 2.05) is 51.1 Å². The Balaban J connectivity index is 1.35. The first-order chi connectivity index (χ1) is 17.6. The summed E-state index contributed by atoms with van der Waals surface area (Å²) in [5, 5.41) is 16.3. The number of nitrogens with zero attached hydrogens (tertiary/aromatic N) is 3. The van der Waals surface area contributed by atoms with Crippen LogP contribution < -0.4 is 21.3 Å². The van der Waals surface area contributed by atoms with Gasteiger partial charge < -0.3 is 20.7 Å². The number of aromatic nitrogens is 3. The Bertz CT molecular complexity index is 1400. The summed E-state index contributed by atoms with van der Waals surface area (Å²) in [7, 11) is 0. The monoisotopic (exact) mass is 503 g/mol. The molecule has 37 heavy (non-hydrogen) atoms. The Hall–Kier alpha value is -4.41. The van der Waals surface area contributed by atoms with Gasteiger partial charge in [-0.1, -0.05) is 12.1 Å². The summed E-state index contributed by atoms with van der Waals surface area (Å²) in [5.41, 5.74) is 2.77. The van der Waals surface area contributed by atoms with Crippen LogP contribution in [0, 0.1) is 0 Å². The van der Waals surface area contributed by atoms with Crippen LogP contribution in [0.4, 0.5) is 22.1 Å². The Kier molecular flexibility index (Phi) is 6.28. The number of hydrogen-bond acceptors (Lipinski definition) is 8. The SMILES string of the molecule is CC(C)(C)OC(=O)NCc1ccc(Nc2cc(NC3CC3)n3ncc(/C=C4\CC(=O)NC4=O)c3n2)cc1. The Morgan fingerprint density at radius 2 is 1.97 bits per heavy atom. The van der Waals surface area contributed by atoms with Crippen LogP contribution in [0.5, 0.6) is 0 Å². The van der Waals surface area contributed by atoms with Gasteiger partial charge in [-0.25, -0.2) is 9.78 Å². The minimum Gasteiger partial charge on any atom is -0.444 e. The molecule has 0 bridgehead atoms. The molecule has 1 saturated heterocycles. The van der Waals surface area contributed by atoms with Crippen molar-refractivity contribution in [3.63, 3.8) is 0 Å². The predicted octanol–water partition coefficient (Wildman–Crippen LogP) is 3.50. The number of fused-ring (bicyclic) bond motifs is 1. The molecule has 2 fully saturated rings. The maximum atomic E-state index is 12.0. The van der Waals surface area contributed by atoms with Gasteiger partial charge in [0.25, 0.3) is 5.91 Å². The predicted molar refractivity (Wildman–Crippen MR) is 138 cm³/mol. The van der Waals surface area contributed by atoms with Gasteiger partial charge >= 0.3 is 6.09 Å². The van der Waals surface area contributed by atoms with E-state index in [1.54, 1.807) is 16.8 Å². The first-order valence-corrected chi connectivity index (χ1v) is 12.2. The lowest BCUT2D eigenvalue weighted by atomic mass is 10.1. The minimum absolute atomic E-state index is 0.0381. The lowest BCUT2D eigenvalue weighted by molar-refractivity contribution is -0.124. The maximum Gasteiger partial charge on any atom is 0.407 e. The van der Waals surface area contributed by atoms with Gasteiger partial charge in [-0.3, -0.25) is 14.9 Å². The van der Waals surface area contributed by atoms with E-state index in [-0.39, 0.29) is 12.3 Å². The van der Waals surface area contributed by atoms with Gasteiger partial charge in [0.1, 0.15) is 17.2 Å². The highest BCUT2D eigenvalue weighted by atomic mass is 16.6. The topological polar surface area (TPSA) is 139 Å². The quantitative estimate of drug-likeness (QED) is 0.284. The van der Waals surface area contributed by atoms with Crippen LogP contribution in [0.1, 0.15) is 51.2 Å². The van der Waals surface area contributed by atoms with Crippen molar-refractivity contribution in [3.05, 3.63) is 53.2 Å². The number of nitrogens with one attached hydrogen (secondary N) is 4. The molecule has 192 valence electrons. The van der Waals surface area contributed by atoms with Crippen LogP contribution in [0.25, 0.3) is 11.7 Å². The number of rotatable bonds is 7. The second-order valence-electron chi connectivity index (χ2n) is 10.2. The molecule has 4 N–H and O–H groups in total. The number of carbonyl (C=O) groups is 3. The summed E-state index contributed by atoms with van der Waals surface area (Å²) in [6, 6.07) is 9.90. The summed E-state index contributed by atoms with van der Waals surface area (Å²) in [4.78, 5) is 40.3. The van der Waals surface area contributed by atoms with Crippen LogP contribution in [0.3, 0.4) is 0 Å². The fourth-order valence-corrected chi connectivity index (χ4v) is 3.84. The van der Waals surface area contributed by atoms with E-state index < -0.39 is 17.6 Å². The smallest absolute Gasteiger partial charge is 0.407 e. The Morgan fingerprint density at radius 3 is 2.62 bits per heavy atom. The maximum absolute atomic E-state index is 12.0. The molecule has 5 rings (SSSR count). The van der Waals surface area contributed by atoms with E-state index in [2.05, 4.69) is 26.4 Å². The van der Waals surface area contributed by atoms with Crippen LogP contribution in [-0.2, 0) is 20.9 Å². The van der Waals surface area contributed by atoms with Crippen molar-refractivity contribution < 1.29 is 19.1 Å².